The number of hydrogen-bond donors (Lipinski definition) is 2. The van der Waals surface area contributed by atoms with Crippen LogP contribution in [0.4, 0.5) is 4.79 Å². The number of furan rings is 1. The minimum atomic E-state index is -0.226. The Kier molecular flexibility index (Phi) is 5.31. The fourth-order valence-electron chi connectivity index (χ4n) is 2.96. The molecule has 2 heterocycles. The minimum absolute atomic E-state index is 0.226. The van der Waals surface area contributed by atoms with Gasteiger partial charge in [0, 0.05) is 23.6 Å². The number of aryl methyl sites for hydroxylation is 1. The summed E-state index contributed by atoms with van der Waals surface area (Å²) in [4.78, 5) is 12.0. The maximum absolute atomic E-state index is 12.0. The second kappa shape index (κ2) is 7.82. The average Bonchev–Trinajstić information content (AvgIpc) is 3.26. The summed E-state index contributed by atoms with van der Waals surface area (Å²) in [5, 5.41) is 5.66. The van der Waals surface area contributed by atoms with Gasteiger partial charge in [0.25, 0.3) is 0 Å². The number of rotatable bonds is 6. The number of hydrogen-bond acceptors (Lipinski definition) is 3. The summed E-state index contributed by atoms with van der Waals surface area (Å²) in [5.74, 6) is 1.55. The zero-order valence-corrected chi connectivity index (χ0v) is 15.2. The molecule has 3 rings (SSSR count). The largest absolute Gasteiger partial charge is 0.497 e. The zero-order chi connectivity index (χ0) is 18.5. The highest BCUT2D eigenvalue weighted by Gasteiger charge is 2.12. The molecule has 0 radical (unpaired) electrons. The first-order valence-electron chi connectivity index (χ1n) is 8.45. The molecule has 6 nitrogen and oxygen atoms in total. The van der Waals surface area contributed by atoms with Gasteiger partial charge in [-0.2, -0.15) is 0 Å². The predicted molar refractivity (Wildman–Crippen MR) is 99.6 cm³/mol. The molecule has 0 bridgehead atoms. The van der Waals surface area contributed by atoms with Gasteiger partial charge in [-0.1, -0.05) is 0 Å². The monoisotopic (exact) mass is 353 g/mol. The third kappa shape index (κ3) is 3.91. The Morgan fingerprint density at radius 1 is 1.12 bits per heavy atom. The van der Waals surface area contributed by atoms with Crippen molar-refractivity contribution in [1.29, 1.82) is 0 Å². The van der Waals surface area contributed by atoms with Crippen molar-refractivity contribution in [3.05, 3.63) is 71.4 Å². The van der Waals surface area contributed by atoms with Crippen LogP contribution in [0.1, 0.15) is 22.7 Å². The molecule has 0 unspecified atom stereocenters. The highest BCUT2D eigenvalue weighted by Crippen LogP contribution is 2.22. The molecule has 6 heteroatoms. The Balaban J connectivity index is 1.64. The SMILES string of the molecule is COc1ccc(-n2c(C)cc(CNC(=O)NCc3ccco3)c2C)cc1. The molecule has 0 aliphatic carbocycles. The number of carbonyl (C=O) groups is 1. The number of nitrogens with one attached hydrogen (secondary N) is 2. The van der Waals surface area contributed by atoms with Crippen molar-refractivity contribution in [3.8, 4) is 11.4 Å². The van der Waals surface area contributed by atoms with E-state index in [1.54, 1.807) is 19.4 Å². The van der Waals surface area contributed by atoms with Gasteiger partial charge in [-0.3, -0.25) is 0 Å². The number of amides is 2. The molecule has 2 N–H and O–H groups in total. The Morgan fingerprint density at radius 3 is 2.50 bits per heavy atom. The number of ether oxygens (including phenoxy) is 1. The number of carbonyl (C=O) groups excluding carboxylic acids is 1. The Labute approximate surface area is 152 Å². The molecule has 0 fully saturated rings. The maximum atomic E-state index is 12.0. The van der Waals surface area contributed by atoms with Gasteiger partial charge >= 0.3 is 6.03 Å². The summed E-state index contributed by atoms with van der Waals surface area (Å²) in [6.45, 7) is 4.93. The molecule has 0 saturated heterocycles. The topological polar surface area (TPSA) is 68.4 Å². The number of benzene rings is 1. The van der Waals surface area contributed by atoms with E-state index in [1.807, 2.05) is 30.3 Å². The average molecular weight is 353 g/mol. The lowest BCUT2D eigenvalue weighted by atomic mass is 10.2. The van der Waals surface area contributed by atoms with Gasteiger partial charge in [0.05, 0.1) is 19.9 Å². The van der Waals surface area contributed by atoms with Crippen molar-refractivity contribution in [2.45, 2.75) is 26.9 Å². The summed E-state index contributed by atoms with van der Waals surface area (Å²) < 4.78 is 12.6. The fourth-order valence-corrected chi connectivity index (χ4v) is 2.96. The number of aromatic nitrogens is 1. The van der Waals surface area contributed by atoms with Gasteiger partial charge in [0.2, 0.25) is 0 Å². The molecule has 136 valence electrons. The standard InChI is InChI=1S/C20H23N3O3/c1-14-11-16(12-21-20(24)22-13-19-5-4-10-26-19)15(2)23(14)17-6-8-18(25-3)9-7-17/h4-11H,12-13H2,1-3H3,(H2,21,22,24). The van der Waals surface area contributed by atoms with E-state index in [4.69, 9.17) is 9.15 Å². The first kappa shape index (κ1) is 17.7. The van der Waals surface area contributed by atoms with Crippen LogP contribution in [0.2, 0.25) is 0 Å². The summed E-state index contributed by atoms with van der Waals surface area (Å²) in [6.07, 6.45) is 1.59. The van der Waals surface area contributed by atoms with Gasteiger partial charge in [0.1, 0.15) is 11.5 Å². The predicted octanol–water partition coefficient (Wildman–Crippen LogP) is 3.70. The van der Waals surface area contributed by atoms with Gasteiger partial charge in [-0.05, 0) is 61.9 Å². The van der Waals surface area contributed by atoms with E-state index in [9.17, 15) is 4.79 Å². The van der Waals surface area contributed by atoms with Crippen LogP contribution in [0.15, 0.2) is 53.1 Å². The highest BCUT2D eigenvalue weighted by molar-refractivity contribution is 5.73. The Bertz CT molecular complexity index is 865. The van der Waals surface area contributed by atoms with E-state index in [0.717, 1.165) is 34.1 Å². The van der Waals surface area contributed by atoms with Gasteiger partial charge in [-0.25, -0.2) is 4.79 Å². The van der Waals surface area contributed by atoms with Gasteiger partial charge in [0.15, 0.2) is 0 Å². The van der Waals surface area contributed by atoms with Gasteiger partial charge in [-0.15, -0.1) is 0 Å². The number of methoxy groups -OCH3 is 1. The van der Waals surface area contributed by atoms with Crippen LogP contribution in [0.25, 0.3) is 5.69 Å². The molecule has 0 saturated carbocycles. The molecule has 0 atom stereocenters. The van der Waals surface area contributed by atoms with Crippen molar-refractivity contribution in [2.75, 3.05) is 7.11 Å². The molecule has 2 aromatic heterocycles. The smallest absolute Gasteiger partial charge is 0.315 e. The number of nitrogens with zero attached hydrogens (tertiary/aromatic N) is 1. The normalized spacial score (nSPS) is 10.6. The van der Waals surface area contributed by atoms with Crippen LogP contribution in [0, 0.1) is 13.8 Å². The van der Waals surface area contributed by atoms with Crippen molar-refractivity contribution >= 4 is 6.03 Å². The first-order valence-corrected chi connectivity index (χ1v) is 8.45. The maximum Gasteiger partial charge on any atom is 0.315 e. The summed E-state index contributed by atoms with van der Waals surface area (Å²) in [5.41, 5.74) is 4.35. The van der Waals surface area contributed by atoms with Crippen LogP contribution in [0.3, 0.4) is 0 Å². The molecule has 0 aliphatic heterocycles. The van der Waals surface area contributed by atoms with Crippen LogP contribution >= 0.6 is 0 Å². The molecular weight excluding hydrogens is 330 g/mol. The summed E-state index contributed by atoms with van der Waals surface area (Å²) >= 11 is 0. The second-order valence-electron chi connectivity index (χ2n) is 6.05. The lowest BCUT2D eigenvalue weighted by molar-refractivity contribution is 0.239. The van der Waals surface area contributed by atoms with E-state index >= 15 is 0 Å². The van der Waals surface area contributed by atoms with Crippen molar-refractivity contribution in [2.24, 2.45) is 0 Å². The molecule has 2 amide bonds. The van der Waals surface area contributed by atoms with Gasteiger partial charge < -0.3 is 24.4 Å². The molecule has 1 aromatic carbocycles. The molecule has 26 heavy (non-hydrogen) atoms. The molecule has 0 spiro atoms. The van der Waals surface area contributed by atoms with Crippen LogP contribution in [0.5, 0.6) is 5.75 Å². The summed E-state index contributed by atoms with van der Waals surface area (Å²) in [7, 11) is 1.65. The van der Waals surface area contributed by atoms with Crippen molar-refractivity contribution in [1.82, 2.24) is 15.2 Å². The van der Waals surface area contributed by atoms with E-state index in [1.165, 1.54) is 0 Å². The third-order valence-electron chi connectivity index (χ3n) is 4.31. The van der Waals surface area contributed by atoms with E-state index in [0.29, 0.717) is 13.1 Å². The number of urea groups is 1. The van der Waals surface area contributed by atoms with Crippen LogP contribution in [-0.2, 0) is 13.1 Å². The third-order valence-corrected chi connectivity index (χ3v) is 4.31. The van der Waals surface area contributed by atoms with Crippen LogP contribution in [-0.4, -0.2) is 17.7 Å². The zero-order valence-electron chi connectivity index (χ0n) is 15.2. The molecule has 0 aliphatic rings. The second-order valence-corrected chi connectivity index (χ2v) is 6.05. The van der Waals surface area contributed by atoms with E-state index in [2.05, 4.69) is 35.1 Å². The quantitative estimate of drug-likeness (QED) is 0.710. The van der Waals surface area contributed by atoms with E-state index < -0.39 is 0 Å². The van der Waals surface area contributed by atoms with Crippen LogP contribution < -0.4 is 15.4 Å². The van der Waals surface area contributed by atoms with E-state index in [-0.39, 0.29) is 6.03 Å². The Morgan fingerprint density at radius 2 is 1.85 bits per heavy atom. The Hall–Kier alpha value is -3.15. The molecule has 3 aromatic rings. The first-order chi connectivity index (χ1) is 12.6. The highest BCUT2D eigenvalue weighted by atomic mass is 16.5. The lowest BCUT2D eigenvalue weighted by Gasteiger charge is -2.11. The van der Waals surface area contributed by atoms with Crippen molar-refractivity contribution in [3.63, 3.8) is 0 Å². The lowest BCUT2D eigenvalue weighted by Crippen LogP contribution is -2.34. The molecular formula is C20H23N3O3. The summed E-state index contributed by atoms with van der Waals surface area (Å²) in [6, 6.07) is 13.4. The minimum Gasteiger partial charge on any atom is -0.497 e. The van der Waals surface area contributed by atoms with Crippen molar-refractivity contribution < 1.29 is 13.9 Å². The fraction of sp³-hybridized carbons (Fsp3) is 0.250.